The normalized spacial score (nSPS) is 27.4. The number of fused-ring (bicyclic) bond motifs is 1. The quantitative estimate of drug-likeness (QED) is 0.841. The zero-order valence-corrected chi connectivity index (χ0v) is 16.4. The van der Waals surface area contributed by atoms with Crippen LogP contribution in [0.3, 0.4) is 0 Å². The average Bonchev–Trinajstić information content (AvgIpc) is 2.89. The van der Waals surface area contributed by atoms with Crippen molar-refractivity contribution in [3.8, 4) is 5.75 Å². The van der Waals surface area contributed by atoms with E-state index in [2.05, 4.69) is 5.10 Å². The minimum Gasteiger partial charge on any atom is -0.483 e. The summed E-state index contributed by atoms with van der Waals surface area (Å²) in [5, 5.41) is 14.8. The third-order valence-corrected chi connectivity index (χ3v) is 5.61. The molecule has 3 atom stereocenters. The van der Waals surface area contributed by atoms with Gasteiger partial charge in [-0.25, -0.2) is 0 Å². The number of alkyl halides is 3. The van der Waals surface area contributed by atoms with E-state index in [4.69, 9.17) is 4.74 Å². The number of hydrogen-bond acceptors (Lipinski definition) is 4. The molecule has 1 aliphatic heterocycles. The zero-order valence-electron chi connectivity index (χ0n) is 16.4. The largest absolute Gasteiger partial charge is 0.483 e. The monoisotopic (exact) mass is 398 g/mol. The third kappa shape index (κ3) is 3.27. The second kappa shape index (κ2) is 7.06. The van der Waals surface area contributed by atoms with Crippen LogP contribution in [-0.2, 0) is 4.79 Å². The van der Waals surface area contributed by atoms with Crippen molar-refractivity contribution in [1.82, 2.24) is 5.01 Å². The summed E-state index contributed by atoms with van der Waals surface area (Å²) in [6.07, 6.45) is -3.65. The van der Waals surface area contributed by atoms with Gasteiger partial charge in [-0.15, -0.1) is 0 Å². The third-order valence-electron chi connectivity index (χ3n) is 5.61. The number of hydrazone groups is 1. The first kappa shape index (κ1) is 20.6. The Morgan fingerprint density at radius 3 is 2.46 bits per heavy atom. The van der Waals surface area contributed by atoms with Crippen LogP contribution in [0.25, 0.3) is 0 Å². The molecule has 1 N–H and O–H groups in total. The van der Waals surface area contributed by atoms with Gasteiger partial charge in [-0.05, 0) is 50.7 Å². The summed E-state index contributed by atoms with van der Waals surface area (Å²) in [4.78, 5) is 12.7. The lowest BCUT2D eigenvalue weighted by atomic mass is 9.75. The van der Waals surface area contributed by atoms with Crippen molar-refractivity contribution >= 4 is 11.6 Å². The Hall–Kier alpha value is -2.09. The van der Waals surface area contributed by atoms with Crippen molar-refractivity contribution in [2.24, 2.45) is 16.9 Å². The fourth-order valence-electron chi connectivity index (χ4n) is 4.34. The molecule has 0 saturated heterocycles. The summed E-state index contributed by atoms with van der Waals surface area (Å²) in [6, 6.07) is 3.73. The lowest BCUT2D eigenvalue weighted by Crippen LogP contribution is -2.62. The number of halogens is 3. The Balaban J connectivity index is 1.87. The van der Waals surface area contributed by atoms with Gasteiger partial charge in [0.2, 0.25) is 0 Å². The summed E-state index contributed by atoms with van der Waals surface area (Å²) in [5.74, 6) is -2.02. The second-order valence-electron chi connectivity index (χ2n) is 7.86. The van der Waals surface area contributed by atoms with E-state index in [9.17, 15) is 23.1 Å². The standard InChI is InChI=1S/C20H25F3N2O3/c1-11-8-13(3)18(14(4)9-11)28-10-16(26)25-19(27,20(21,22)23)15-7-5-6-12(2)17(15)24-25/h8-9,12,15,27H,5-7,10H2,1-4H3/t12-,15+,19-/m1/s1. The molecule has 1 aliphatic carbocycles. The molecule has 1 saturated carbocycles. The van der Waals surface area contributed by atoms with Crippen molar-refractivity contribution < 1.29 is 27.8 Å². The number of aryl methyl sites for hydroxylation is 3. The van der Waals surface area contributed by atoms with Crippen LogP contribution in [0, 0.1) is 32.6 Å². The van der Waals surface area contributed by atoms with E-state index in [0.29, 0.717) is 18.6 Å². The van der Waals surface area contributed by atoms with Crippen molar-refractivity contribution in [3.63, 3.8) is 0 Å². The number of hydrogen-bond donors (Lipinski definition) is 1. The van der Waals surface area contributed by atoms with E-state index in [0.717, 1.165) is 16.7 Å². The Morgan fingerprint density at radius 1 is 1.29 bits per heavy atom. The van der Waals surface area contributed by atoms with Crippen molar-refractivity contribution in [1.29, 1.82) is 0 Å². The van der Waals surface area contributed by atoms with Crippen LogP contribution in [-0.4, -0.2) is 40.2 Å². The molecule has 5 nitrogen and oxygen atoms in total. The maximum atomic E-state index is 13.8. The maximum Gasteiger partial charge on any atom is 0.439 e. The topological polar surface area (TPSA) is 62.1 Å². The van der Waals surface area contributed by atoms with Gasteiger partial charge in [-0.2, -0.15) is 23.3 Å². The number of aliphatic hydroxyl groups is 1. The predicted octanol–water partition coefficient (Wildman–Crippen LogP) is 3.88. The molecular weight excluding hydrogens is 373 g/mol. The van der Waals surface area contributed by atoms with Gasteiger partial charge in [0.05, 0.1) is 5.92 Å². The molecule has 0 aromatic heterocycles. The van der Waals surface area contributed by atoms with Gasteiger partial charge in [0.15, 0.2) is 6.61 Å². The van der Waals surface area contributed by atoms with E-state index in [1.54, 1.807) is 20.8 Å². The summed E-state index contributed by atoms with van der Waals surface area (Å²) < 4.78 is 47.0. The number of carbonyl (C=O) groups excluding carboxylic acids is 1. The number of ether oxygens (including phenoxy) is 1. The van der Waals surface area contributed by atoms with Crippen molar-refractivity contribution in [2.75, 3.05) is 6.61 Å². The van der Waals surface area contributed by atoms with Gasteiger partial charge in [-0.3, -0.25) is 4.79 Å². The molecular formula is C20H25F3N2O3. The molecule has 0 bridgehead atoms. The molecule has 1 heterocycles. The lowest BCUT2D eigenvalue weighted by Gasteiger charge is -2.38. The van der Waals surface area contributed by atoms with Crippen LogP contribution < -0.4 is 4.74 Å². The fraction of sp³-hybridized carbons (Fsp3) is 0.600. The highest BCUT2D eigenvalue weighted by atomic mass is 19.4. The van der Waals surface area contributed by atoms with Gasteiger partial charge in [0.1, 0.15) is 5.75 Å². The minimum atomic E-state index is -5.02. The summed E-state index contributed by atoms with van der Waals surface area (Å²) in [5.41, 5.74) is -0.501. The number of amides is 1. The summed E-state index contributed by atoms with van der Waals surface area (Å²) in [6.45, 7) is 6.66. The Kier molecular flexibility index (Phi) is 5.20. The minimum absolute atomic E-state index is 0.139. The van der Waals surface area contributed by atoms with Gasteiger partial charge < -0.3 is 9.84 Å². The first-order chi connectivity index (χ1) is 13.0. The van der Waals surface area contributed by atoms with Gasteiger partial charge in [0, 0.05) is 5.71 Å². The van der Waals surface area contributed by atoms with Crippen molar-refractivity contribution in [3.05, 3.63) is 28.8 Å². The maximum absolute atomic E-state index is 13.8. The Bertz CT molecular complexity index is 798. The van der Waals surface area contributed by atoms with E-state index in [1.165, 1.54) is 0 Å². The first-order valence-electron chi connectivity index (χ1n) is 9.38. The molecule has 0 spiro atoms. The molecule has 1 aromatic carbocycles. The molecule has 0 radical (unpaired) electrons. The van der Waals surface area contributed by atoms with Gasteiger partial charge in [-0.1, -0.05) is 31.0 Å². The van der Waals surface area contributed by atoms with Crippen LogP contribution in [0.15, 0.2) is 17.2 Å². The fourth-order valence-corrected chi connectivity index (χ4v) is 4.34. The smallest absolute Gasteiger partial charge is 0.439 e. The number of carbonyl (C=O) groups is 1. The van der Waals surface area contributed by atoms with Crippen molar-refractivity contribution in [2.45, 2.75) is 58.9 Å². The van der Waals surface area contributed by atoms with E-state index in [1.807, 2.05) is 19.1 Å². The molecule has 8 heteroatoms. The summed E-state index contributed by atoms with van der Waals surface area (Å²) >= 11 is 0. The highest BCUT2D eigenvalue weighted by Gasteiger charge is 2.69. The Morgan fingerprint density at radius 2 is 1.89 bits per heavy atom. The van der Waals surface area contributed by atoms with Crippen LogP contribution in [0.4, 0.5) is 13.2 Å². The molecule has 1 aromatic rings. The molecule has 1 fully saturated rings. The van der Waals surface area contributed by atoms with Gasteiger partial charge in [0.25, 0.3) is 11.6 Å². The molecule has 2 aliphatic rings. The molecule has 0 unspecified atom stereocenters. The molecule has 28 heavy (non-hydrogen) atoms. The Labute approximate surface area is 162 Å². The molecule has 154 valence electrons. The first-order valence-corrected chi connectivity index (χ1v) is 9.38. The van der Waals surface area contributed by atoms with E-state index >= 15 is 0 Å². The van der Waals surface area contributed by atoms with E-state index in [-0.39, 0.29) is 23.1 Å². The van der Waals surface area contributed by atoms with Crippen LogP contribution in [0.2, 0.25) is 0 Å². The molecule has 3 rings (SSSR count). The number of rotatable bonds is 3. The molecule has 1 amide bonds. The summed E-state index contributed by atoms with van der Waals surface area (Å²) in [7, 11) is 0. The highest BCUT2D eigenvalue weighted by Crippen LogP contribution is 2.49. The van der Waals surface area contributed by atoms with E-state index < -0.39 is 30.3 Å². The van der Waals surface area contributed by atoms with Gasteiger partial charge >= 0.3 is 6.18 Å². The second-order valence-corrected chi connectivity index (χ2v) is 7.86. The number of nitrogens with zero attached hydrogens (tertiary/aromatic N) is 2. The predicted molar refractivity (Wildman–Crippen MR) is 97.9 cm³/mol. The lowest BCUT2D eigenvalue weighted by molar-refractivity contribution is -0.317. The zero-order chi connectivity index (χ0) is 20.9. The SMILES string of the molecule is Cc1cc(C)c(OCC(=O)N2N=C3[C@H](C)CCC[C@@H]3[C@@]2(O)C(F)(F)F)c(C)c1. The number of benzene rings is 1. The average molecular weight is 398 g/mol. The van der Waals surface area contributed by atoms with Crippen LogP contribution in [0.1, 0.15) is 42.9 Å². The van der Waals surface area contributed by atoms with Crippen LogP contribution in [0.5, 0.6) is 5.75 Å². The highest BCUT2D eigenvalue weighted by molar-refractivity contribution is 5.95. The van der Waals surface area contributed by atoms with Crippen LogP contribution >= 0.6 is 0 Å².